The molecule has 2 heterocycles. The van der Waals surface area contributed by atoms with Gasteiger partial charge in [-0.05, 0) is 43.0 Å². The van der Waals surface area contributed by atoms with Crippen molar-refractivity contribution >= 4 is 11.6 Å². The SMILES string of the molecule is COc1c(-c2noc(-c3cccnc3OCC3CCCC3)n2)ccc(O)c1Cl. The average molecular weight is 402 g/mol. The fourth-order valence-corrected chi connectivity index (χ4v) is 3.65. The first kappa shape index (κ1) is 18.6. The van der Waals surface area contributed by atoms with Gasteiger partial charge in [-0.3, -0.25) is 0 Å². The standard InChI is InChI=1S/C20H20ClN3O4/c1-26-17-13(8-9-15(25)16(17)21)18-23-20(28-24-18)14-7-4-10-22-19(14)27-11-12-5-2-3-6-12/h4,7-10,12,25H,2-3,5-6,11H2,1H3. The van der Waals surface area contributed by atoms with Gasteiger partial charge in [0.2, 0.25) is 11.7 Å². The molecule has 0 spiro atoms. The van der Waals surface area contributed by atoms with Crippen LogP contribution in [-0.2, 0) is 0 Å². The Morgan fingerprint density at radius 3 is 2.82 bits per heavy atom. The summed E-state index contributed by atoms with van der Waals surface area (Å²) in [6.45, 7) is 0.631. The van der Waals surface area contributed by atoms with Gasteiger partial charge >= 0.3 is 0 Å². The number of hydrogen-bond donors (Lipinski definition) is 1. The zero-order chi connectivity index (χ0) is 19.5. The molecule has 1 saturated carbocycles. The Bertz CT molecular complexity index is 970. The van der Waals surface area contributed by atoms with E-state index in [0.717, 1.165) is 0 Å². The number of hydrogen-bond acceptors (Lipinski definition) is 7. The summed E-state index contributed by atoms with van der Waals surface area (Å²) in [5.41, 5.74) is 1.14. The summed E-state index contributed by atoms with van der Waals surface area (Å²) in [6.07, 6.45) is 6.57. The summed E-state index contributed by atoms with van der Waals surface area (Å²) in [4.78, 5) is 8.78. The predicted molar refractivity (Wildman–Crippen MR) is 104 cm³/mol. The zero-order valence-corrected chi connectivity index (χ0v) is 16.1. The molecule has 146 valence electrons. The Morgan fingerprint density at radius 1 is 1.21 bits per heavy atom. The van der Waals surface area contributed by atoms with Gasteiger partial charge in [-0.15, -0.1) is 0 Å². The quantitative estimate of drug-likeness (QED) is 0.638. The smallest absolute Gasteiger partial charge is 0.263 e. The summed E-state index contributed by atoms with van der Waals surface area (Å²) >= 11 is 6.11. The molecule has 0 atom stereocenters. The van der Waals surface area contributed by atoms with Crippen LogP contribution in [0, 0.1) is 5.92 Å². The van der Waals surface area contributed by atoms with E-state index in [-0.39, 0.29) is 22.4 Å². The van der Waals surface area contributed by atoms with Gasteiger partial charge in [0, 0.05) is 6.20 Å². The third-order valence-corrected chi connectivity index (χ3v) is 5.25. The Hall–Kier alpha value is -2.80. The van der Waals surface area contributed by atoms with Gasteiger partial charge in [0.1, 0.15) is 16.3 Å². The maximum Gasteiger partial charge on any atom is 0.263 e. The molecule has 28 heavy (non-hydrogen) atoms. The van der Waals surface area contributed by atoms with Crippen LogP contribution in [0.4, 0.5) is 0 Å². The predicted octanol–water partition coefficient (Wildman–Crippen LogP) is 4.74. The van der Waals surface area contributed by atoms with Crippen molar-refractivity contribution in [2.45, 2.75) is 25.7 Å². The Morgan fingerprint density at radius 2 is 2.04 bits per heavy atom. The summed E-state index contributed by atoms with van der Waals surface area (Å²) in [5.74, 6) is 1.81. The van der Waals surface area contributed by atoms with E-state index in [1.54, 1.807) is 18.3 Å². The molecule has 4 rings (SSSR count). The van der Waals surface area contributed by atoms with Crippen molar-refractivity contribution in [3.8, 4) is 40.2 Å². The van der Waals surface area contributed by atoms with E-state index >= 15 is 0 Å². The van der Waals surface area contributed by atoms with Crippen LogP contribution in [0.2, 0.25) is 5.02 Å². The number of aromatic hydroxyl groups is 1. The monoisotopic (exact) mass is 401 g/mol. The molecule has 8 heteroatoms. The molecule has 7 nitrogen and oxygen atoms in total. The van der Waals surface area contributed by atoms with Crippen molar-refractivity contribution in [1.82, 2.24) is 15.1 Å². The second-order valence-corrected chi connectivity index (χ2v) is 7.10. The van der Waals surface area contributed by atoms with Crippen LogP contribution in [0.25, 0.3) is 22.8 Å². The number of rotatable bonds is 6. The lowest BCUT2D eigenvalue weighted by molar-refractivity contribution is 0.244. The van der Waals surface area contributed by atoms with Crippen molar-refractivity contribution in [2.24, 2.45) is 5.92 Å². The number of phenols is 1. The normalized spacial score (nSPS) is 14.4. The van der Waals surface area contributed by atoms with Crippen LogP contribution in [0.3, 0.4) is 0 Å². The number of halogens is 1. The lowest BCUT2D eigenvalue weighted by atomic mass is 10.1. The first-order valence-electron chi connectivity index (χ1n) is 9.15. The summed E-state index contributed by atoms with van der Waals surface area (Å²) in [5, 5.41) is 13.9. The van der Waals surface area contributed by atoms with Gasteiger partial charge in [0.25, 0.3) is 5.89 Å². The summed E-state index contributed by atoms with van der Waals surface area (Å²) < 4.78 is 16.7. The van der Waals surface area contributed by atoms with E-state index in [9.17, 15) is 5.11 Å². The molecule has 0 aliphatic heterocycles. The molecule has 0 amide bonds. The van der Waals surface area contributed by atoms with E-state index in [1.807, 2.05) is 6.07 Å². The fourth-order valence-electron chi connectivity index (χ4n) is 3.41. The van der Waals surface area contributed by atoms with E-state index in [0.29, 0.717) is 35.4 Å². The first-order valence-corrected chi connectivity index (χ1v) is 9.53. The molecule has 1 aliphatic carbocycles. The highest BCUT2D eigenvalue weighted by atomic mass is 35.5. The number of benzene rings is 1. The van der Waals surface area contributed by atoms with Gasteiger partial charge < -0.3 is 19.1 Å². The molecule has 1 aromatic carbocycles. The third-order valence-electron chi connectivity index (χ3n) is 4.88. The molecular weight excluding hydrogens is 382 g/mol. The van der Waals surface area contributed by atoms with Crippen molar-refractivity contribution in [2.75, 3.05) is 13.7 Å². The van der Waals surface area contributed by atoms with E-state index in [4.69, 9.17) is 25.6 Å². The van der Waals surface area contributed by atoms with Gasteiger partial charge in [-0.25, -0.2) is 4.98 Å². The van der Waals surface area contributed by atoms with Gasteiger partial charge in [0.05, 0.1) is 19.3 Å². The molecule has 0 saturated heterocycles. The van der Waals surface area contributed by atoms with E-state index < -0.39 is 0 Å². The molecule has 3 aromatic rings. The average Bonchev–Trinajstić information content (AvgIpc) is 3.40. The number of nitrogens with zero attached hydrogens (tertiary/aromatic N) is 3. The highest BCUT2D eigenvalue weighted by Gasteiger charge is 2.22. The topological polar surface area (TPSA) is 90.5 Å². The van der Waals surface area contributed by atoms with E-state index in [1.165, 1.54) is 38.9 Å². The number of ether oxygens (including phenoxy) is 2. The number of phenolic OH excluding ortho intramolecular Hbond substituents is 1. The van der Waals surface area contributed by atoms with E-state index in [2.05, 4.69) is 15.1 Å². The summed E-state index contributed by atoms with van der Waals surface area (Å²) in [7, 11) is 1.46. The highest BCUT2D eigenvalue weighted by molar-refractivity contribution is 6.34. The van der Waals surface area contributed by atoms with Crippen LogP contribution >= 0.6 is 11.6 Å². The van der Waals surface area contributed by atoms with Crippen molar-refractivity contribution in [3.63, 3.8) is 0 Å². The minimum Gasteiger partial charge on any atom is -0.506 e. The zero-order valence-electron chi connectivity index (χ0n) is 15.4. The fraction of sp³-hybridized carbons (Fsp3) is 0.350. The Labute approximate surface area is 167 Å². The van der Waals surface area contributed by atoms with Crippen molar-refractivity contribution in [3.05, 3.63) is 35.5 Å². The maximum atomic E-state index is 9.77. The molecule has 1 fully saturated rings. The second kappa shape index (κ2) is 8.06. The second-order valence-electron chi connectivity index (χ2n) is 6.72. The van der Waals surface area contributed by atoms with Crippen LogP contribution in [0.15, 0.2) is 35.0 Å². The molecule has 1 N–H and O–H groups in total. The van der Waals surface area contributed by atoms with Crippen LogP contribution in [-0.4, -0.2) is 33.9 Å². The minimum atomic E-state index is -0.0826. The summed E-state index contributed by atoms with van der Waals surface area (Å²) in [6, 6.07) is 6.70. The lowest BCUT2D eigenvalue weighted by Crippen LogP contribution is -2.09. The molecule has 2 aromatic heterocycles. The van der Waals surface area contributed by atoms with Gasteiger partial charge in [0.15, 0.2) is 5.75 Å². The molecule has 1 aliphatic rings. The Balaban J connectivity index is 1.62. The van der Waals surface area contributed by atoms with Crippen LogP contribution < -0.4 is 9.47 Å². The minimum absolute atomic E-state index is 0.0826. The maximum absolute atomic E-state index is 9.77. The van der Waals surface area contributed by atoms with Crippen molar-refractivity contribution in [1.29, 1.82) is 0 Å². The first-order chi connectivity index (χ1) is 13.7. The highest BCUT2D eigenvalue weighted by Crippen LogP contribution is 2.41. The largest absolute Gasteiger partial charge is 0.506 e. The molecule has 0 radical (unpaired) electrons. The Kier molecular flexibility index (Phi) is 5.34. The molecular formula is C20H20ClN3O4. The number of pyridine rings is 1. The van der Waals surface area contributed by atoms with Crippen LogP contribution in [0.5, 0.6) is 17.4 Å². The number of methoxy groups -OCH3 is 1. The third kappa shape index (κ3) is 3.62. The molecule has 0 bridgehead atoms. The molecule has 0 unspecified atom stereocenters. The van der Waals surface area contributed by atoms with Gasteiger partial charge in [-0.1, -0.05) is 29.6 Å². The van der Waals surface area contributed by atoms with Crippen molar-refractivity contribution < 1.29 is 19.1 Å². The van der Waals surface area contributed by atoms with Gasteiger partial charge in [-0.2, -0.15) is 4.98 Å². The number of aromatic nitrogens is 3. The lowest BCUT2D eigenvalue weighted by Gasteiger charge is -2.12. The van der Waals surface area contributed by atoms with Crippen LogP contribution in [0.1, 0.15) is 25.7 Å².